The Kier molecular flexibility index (Phi) is 5.12. The molecule has 0 heterocycles. The quantitative estimate of drug-likeness (QED) is 0.504. The molecular formula is C8H10ClF6NO3. The lowest BCUT2D eigenvalue weighted by Gasteiger charge is -2.32. The van der Waals surface area contributed by atoms with Gasteiger partial charge in [0.05, 0.1) is 18.8 Å². The third kappa shape index (κ3) is 3.42. The third-order valence-corrected chi connectivity index (χ3v) is 2.39. The fourth-order valence-corrected chi connectivity index (χ4v) is 0.921. The maximum absolute atomic E-state index is 13.0. The molecule has 0 saturated heterocycles. The van der Waals surface area contributed by atoms with Gasteiger partial charge in [0.1, 0.15) is 0 Å². The fourth-order valence-electron chi connectivity index (χ4n) is 0.802. The second-order valence-corrected chi connectivity index (χ2v) is 4.45. The zero-order valence-electron chi connectivity index (χ0n) is 9.36. The Balaban J connectivity index is 5.29. The maximum atomic E-state index is 13.0. The van der Waals surface area contributed by atoms with Crippen LogP contribution in [0.4, 0.5) is 26.3 Å². The van der Waals surface area contributed by atoms with Crippen molar-refractivity contribution in [2.24, 2.45) is 0 Å². The van der Waals surface area contributed by atoms with E-state index in [9.17, 15) is 31.1 Å². The van der Waals surface area contributed by atoms with Crippen molar-refractivity contribution < 1.29 is 41.4 Å². The SMILES string of the molecule is CC(CO)(CO)NC(=O)C(F)(F)C(F)(F)C(F)(F)Cl. The van der Waals surface area contributed by atoms with Crippen LogP contribution in [0.15, 0.2) is 0 Å². The molecule has 0 saturated carbocycles. The number of aliphatic hydroxyl groups is 2. The van der Waals surface area contributed by atoms with Crippen molar-refractivity contribution in [3.8, 4) is 0 Å². The highest BCUT2D eigenvalue weighted by molar-refractivity contribution is 6.22. The first-order valence-electron chi connectivity index (χ1n) is 4.62. The average molecular weight is 318 g/mol. The van der Waals surface area contributed by atoms with Gasteiger partial charge >= 0.3 is 17.2 Å². The van der Waals surface area contributed by atoms with Crippen LogP contribution in [0.25, 0.3) is 0 Å². The minimum Gasteiger partial charge on any atom is -0.394 e. The van der Waals surface area contributed by atoms with Crippen LogP contribution in [-0.2, 0) is 4.79 Å². The Bertz CT molecular complexity index is 342. The molecule has 19 heavy (non-hydrogen) atoms. The van der Waals surface area contributed by atoms with E-state index in [0.29, 0.717) is 0 Å². The molecule has 0 rings (SSSR count). The standard InChI is InChI=1S/C8H10ClF6NO3/c1-5(2-17,3-18)16-4(19)6(10,11)7(12,13)8(9,14)15/h17-18H,2-3H2,1H3,(H,16,19). The molecule has 0 aliphatic heterocycles. The Morgan fingerprint density at radius 3 is 1.74 bits per heavy atom. The topological polar surface area (TPSA) is 69.6 Å². The third-order valence-electron chi connectivity index (χ3n) is 2.15. The van der Waals surface area contributed by atoms with Gasteiger partial charge in [0.25, 0.3) is 5.91 Å². The molecule has 0 aromatic carbocycles. The van der Waals surface area contributed by atoms with E-state index in [-0.39, 0.29) is 0 Å². The summed E-state index contributed by atoms with van der Waals surface area (Å²) in [4.78, 5) is 10.9. The number of hydrogen-bond acceptors (Lipinski definition) is 3. The Hall–Kier alpha value is -0.740. The summed E-state index contributed by atoms with van der Waals surface area (Å²) in [6.07, 6.45) is 0. The fraction of sp³-hybridized carbons (Fsp3) is 0.875. The van der Waals surface area contributed by atoms with Crippen molar-refractivity contribution >= 4 is 17.5 Å². The van der Waals surface area contributed by atoms with Crippen LogP contribution >= 0.6 is 11.6 Å². The van der Waals surface area contributed by atoms with Gasteiger partial charge in [0.15, 0.2) is 0 Å². The lowest BCUT2D eigenvalue weighted by molar-refractivity contribution is -0.270. The zero-order valence-corrected chi connectivity index (χ0v) is 10.1. The molecular weight excluding hydrogens is 308 g/mol. The van der Waals surface area contributed by atoms with Crippen LogP contribution in [0.5, 0.6) is 0 Å². The van der Waals surface area contributed by atoms with Crippen LogP contribution < -0.4 is 5.32 Å². The molecule has 0 fully saturated rings. The van der Waals surface area contributed by atoms with E-state index < -0.39 is 41.9 Å². The molecule has 0 atom stereocenters. The molecule has 0 unspecified atom stereocenters. The molecule has 0 bridgehead atoms. The highest BCUT2D eigenvalue weighted by atomic mass is 35.5. The van der Waals surface area contributed by atoms with Gasteiger partial charge in [-0.25, -0.2) is 0 Å². The predicted molar refractivity (Wildman–Crippen MR) is 51.4 cm³/mol. The van der Waals surface area contributed by atoms with Crippen molar-refractivity contribution in [3.05, 3.63) is 0 Å². The number of hydrogen-bond donors (Lipinski definition) is 3. The number of nitrogens with one attached hydrogen (secondary N) is 1. The summed E-state index contributed by atoms with van der Waals surface area (Å²) in [6.45, 7) is -1.35. The molecule has 4 nitrogen and oxygen atoms in total. The second-order valence-electron chi connectivity index (χ2n) is 3.98. The summed E-state index contributed by atoms with van der Waals surface area (Å²) in [5.41, 5.74) is -2.09. The van der Waals surface area contributed by atoms with Gasteiger partial charge in [-0.2, -0.15) is 26.3 Å². The van der Waals surface area contributed by atoms with Gasteiger partial charge in [-0.1, -0.05) is 0 Å². The summed E-state index contributed by atoms with van der Waals surface area (Å²) in [7, 11) is 0. The number of aliphatic hydroxyl groups excluding tert-OH is 2. The summed E-state index contributed by atoms with van der Waals surface area (Å²) in [6, 6.07) is 0. The predicted octanol–water partition coefficient (Wildman–Crippen LogP) is 0.948. The maximum Gasteiger partial charge on any atom is 0.395 e. The Morgan fingerprint density at radius 2 is 1.47 bits per heavy atom. The molecule has 114 valence electrons. The van der Waals surface area contributed by atoms with E-state index in [1.54, 1.807) is 0 Å². The summed E-state index contributed by atoms with van der Waals surface area (Å²) in [5, 5.41) is 12.8. The van der Waals surface area contributed by atoms with Crippen LogP contribution in [0.2, 0.25) is 0 Å². The second kappa shape index (κ2) is 5.33. The largest absolute Gasteiger partial charge is 0.395 e. The van der Waals surface area contributed by atoms with Crippen LogP contribution in [-0.4, -0.2) is 52.1 Å². The van der Waals surface area contributed by atoms with E-state index in [0.717, 1.165) is 12.2 Å². The van der Waals surface area contributed by atoms with Crippen molar-refractivity contribution in [1.29, 1.82) is 0 Å². The van der Waals surface area contributed by atoms with E-state index in [2.05, 4.69) is 11.6 Å². The van der Waals surface area contributed by atoms with Crippen LogP contribution in [0.3, 0.4) is 0 Å². The molecule has 0 spiro atoms. The van der Waals surface area contributed by atoms with E-state index in [4.69, 9.17) is 10.2 Å². The number of alkyl halides is 7. The van der Waals surface area contributed by atoms with E-state index in [1.165, 1.54) is 0 Å². The number of halogens is 7. The smallest absolute Gasteiger partial charge is 0.394 e. The first-order valence-corrected chi connectivity index (χ1v) is 4.99. The Morgan fingerprint density at radius 1 is 1.11 bits per heavy atom. The summed E-state index contributed by atoms with van der Waals surface area (Å²) < 4.78 is 75.9. The molecule has 11 heteroatoms. The molecule has 0 aromatic heterocycles. The van der Waals surface area contributed by atoms with Crippen molar-refractivity contribution in [2.75, 3.05) is 13.2 Å². The Labute approximate surface area is 108 Å². The van der Waals surface area contributed by atoms with Crippen molar-refractivity contribution in [1.82, 2.24) is 5.32 Å². The minimum atomic E-state index is -6.16. The molecule has 0 aliphatic carbocycles. The number of carbonyl (C=O) groups excluding carboxylic acids is 1. The lowest BCUT2D eigenvalue weighted by Crippen LogP contribution is -2.63. The summed E-state index contributed by atoms with van der Waals surface area (Å²) in [5.74, 6) is -14.8. The van der Waals surface area contributed by atoms with Gasteiger partial charge < -0.3 is 15.5 Å². The summed E-state index contributed by atoms with van der Waals surface area (Å²) >= 11 is 3.85. The average Bonchev–Trinajstić information content (AvgIpc) is 2.26. The molecule has 3 N–H and O–H groups in total. The van der Waals surface area contributed by atoms with Gasteiger partial charge in [-0.05, 0) is 18.5 Å². The minimum absolute atomic E-state index is 0.831. The monoisotopic (exact) mass is 317 g/mol. The normalized spacial score (nSPS) is 14.4. The van der Waals surface area contributed by atoms with Gasteiger partial charge in [0, 0.05) is 0 Å². The van der Waals surface area contributed by atoms with E-state index in [1.807, 2.05) is 0 Å². The molecule has 0 aromatic rings. The van der Waals surface area contributed by atoms with E-state index >= 15 is 0 Å². The van der Waals surface area contributed by atoms with Gasteiger partial charge in [-0.15, -0.1) is 0 Å². The lowest BCUT2D eigenvalue weighted by atomic mass is 10.0. The molecule has 0 aliphatic rings. The highest BCUT2D eigenvalue weighted by Crippen LogP contribution is 2.48. The molecule has 1 amide bonds. The van der Waals surface area contributed by atoms with Crippen molar-refractivity contribution in [2.45, 2.75) is 29.7 Å². The first kappa shape index (κ1) is 18.3. The number of rotatable bonds is 6. The molecule has 0 radical (unpaired) electrons. The number of carbonyl (C=O) groups is 1. The van der Waals surface area contributed by atoms with Crippen molar-refractivity contribution in [3.63, 3.8) is 0 Å². The highest BCUT2D eigenvalue weighted by Gasteiger charge is 2.74. The van der Waals surface area contributed by atoms with Crippen LogP contribution in [0, 0.1) is 0 Å². The number of amides is 1. The zero-order chi connectivity index (χ0) is 15.7. The van der Waals surface area contributed by atoms with Gasteiger partial charge in [0.2, 0.25) is 0 Å². The van der Waals surface area contributed by atoms with Gasteiger partial charge in [-0.3, -0.25) is 4.79 Å². The first-order chi connectivity index (χ1) is 8.25. The van der Waals surface area contributed by atoms with Crippen LogP contribution in [0.1, 0.15) is 6.92 Å².